The molecule has 6 nitrogen and oxygen atoms in total. The van der Waals surface area contributed by atoms with E-state index in [2.05, 4.69) is 10.0 Å². The van der Waals surface area contributed by atoms with Gasteiger partial charge >= 0.3 is 0 Å². The highest BCUT2D eigenvalue weighted by Crippen LogP contribution is 2.11. The van der Waals surface area contributed by atoms with Crippen LogP contribution in [0.1, 0.15) is 37.6 Å². The van der Waals surface area contributed by atoms with E-state index in [1.165, 1.54) is 24.3 Å². The van der Waals surface area contributed by atoms with E-state index in [1.807, 2.05) is 13.8 Å². The molecule has 1 aromatic rings. The standard InChI is InChI=1S/C15H25N3O3S/c1-4-12(3)18-22(20,21)14-7-5-13(6-8-14)15(19)17-10-11(2)9-16/h5-8,11-12,18H,4,9-10,16H2,1-3H3,(H,17,19). The first-order valence-corrected chi connectivity index (χ1v) is 8.89. The number of nitrogens with two attached hydrogens (primary N) is 1. The fraction of sp³-hybridized carbons (Fsp3) is 0.533. The second-order valence-corrected chi connectivity index (χ2v) is 7.22. The van der Waals surface area contributed by atoms with Crippen molar-refractivity contribution in [2.24, 2.45) is 11.7 Å². The zero-order chi connectivity index (χ0) is 16.8. The van der Waals surface area contributed by atoms with Gasteiger partial charge in [0.2, 0.25) is 10.0 Å². The number of carbonyl (C=O) groups excluding carboxylic acids is 1. The fourth-order valence-corrected chi connectivity index (χ4v) is 2.98. The van der Waals surface area contributed by atoms with Crippen LogP contribution in [-0.2, 0) is 10.0 Å². The van der Waals surface area contributed by atoms with Crippen molar-refractivity contribution >= 4 is 15.9 Å². The van der Waals surface area contributed by atoms with E-state index in [0.717, 1.165) is 0 Å². The Bertz CT molecular complexity index is 585. The van der Waals surface area contributed by atoms with Crippen LogP contribution in [0.4, 0.5) is 0 Å². The van der Waals surface area contributed by atoms with Gasteiger partial charge in [-0.1, -0.05) is 13.8 Å². The number of carbonyl (C=O) groups is 1. The predicted molar refractivity (Wildman–Crippen MR) is 87.1 cm³/mol. The molecule has 0 aliphatic heterocycles. The summed E-state index contributed by atoms with van der Waals surface area (Å²) >= 11 is 0. The topological polar surface area (TPSA) is 101 Å². The minimum atomic E-state index is -3.54. The summed E-state index contributed by atoms with van der Waals surface area (Å²) < 4.78 is 26.8. The molecule has 1 rings (SSSR count). The van der Waals surface area contributed by atoms with Crippen LogP contribution in [0.2, 0.25) is 0 Å². The minimum absolute atomic E-state index is 0.134. The highest BCUT2D eigenvalue weighted by atomic mass is 32.2. The lowest BCUT2D eigenvalue weighted by atomic mass is 10.1. The zero-order valence-electron chi connectivity index (χ0n) is 13.3. The van der Waals surface area contributed by atoms with Crippen molar-refractivity contribution in [3.8, 4) is 0 Å². The number of amides is 1. The van der Waals surface area contributed by atoms with Gasteiger partial charge in [0.1, 0.15) is 0 Å². The van der Waals surface area contributed by atoms with Crippen molar-refractivity contribution < 1.29 is 13.2 Å². The van der Waals surface area contributed by atoms with E-state index in [9.17, 15) is 13.2 Å². The smallest absolute Gasteiger partial charge is 0.251 e. The fourth-order valence-electron chi connectivity index (χ4n) is 1.65. The quantitative estimate of drug-likeness (QED) is 0.665. The first-order valence-electron chi connectivity index (χ1n) is 7.40. The first-order chi connectivity index (χ1) is 10.3. The van der Waals surface area contributed by atoms with Crippen molar-refractivity contribution in [2.45, 2.75) is 38.1 Å². The van der Waals surface area contributed by atoms with Gasteiger partial charge in [-0.2, -0.15) is 0 Å². The van der Waals surface area contributed by atoms with Crippen LogP contribution < -0.4 is 15.8 Å². The largest absolute Gasteiger partial charge is 0.352 e. The predicted octanol–water partition coefficient (Wildman–Crippen LogP) is 1.09. The van der Waals surface area contributed by atoms with E-state index < -0.39 is 10.0 Å². The average molecular weight is 327 g/mol. The molecule has 0 aliphatic carbocycles. The second kappa shape index (κ2) is 8.26. The molecule has 0 aliphatic rings. The molecule has 0 fully saturated rings. The Kier molecular flexibility index (Phi) is 6.99. The first kappa shape index (κ1) is 18.6. The molecule has 0 aromatic heterocycles. The number of benzene rings is 1. The van der Waals surface area contributed by atoms with Gasteiger partial charge < -0.3 is 11.1 Å². The van der Waals surface area contributed by atoms with Crippen molar-refractivity contribution in [1.29, 1.82) is 0 Å². The summed E-state index contributed by atoms with van der Waals surface area (Å²) in [6, 6.07) is 5.75. The third-order valence-corrected chi connectivity index (χ3v) is 5.01. The monoisotopic (exact) mass is 327 g/mol. The number of sulfonamides is 1. The van der Waals surface area contributed by atoms with Crippen LogP contribution in [0.3, 0.4) is 0 Å². The summed E-state index contributed by atoms with van der Waals surface area (Å²) in [4.78, 5) is 12.1. The lowest BCUT2D eigenvalue weighted by molar-refractivity contribution is 0.0948. The van der Waals surface area contributed by atoms with Crippen molar-refractivity contribution in [2.75, 3.05) is 13.1 Å². The molecule has 7 heteroatoms. The van der Waals surface area contributed by atoms with E-state index in [-0.39, 0.29) is 22.8 Å². The molecule has 22 heavy (non-hydrogen) atoms. The molecule has 124 valence electrons. The molecule has 4 N–H and O–H groups in total. The molecular formula is C15H25N3O3S. The third-order valence-electron chi connectivity index (χ3n) is 3.41. The summed E-state index contributed by atoms with van der Waals surface area (Å²) in [7, 11) is -3.54. The molecule has 2 atom stereocenters. The maximum absolute atomic E-state index is 12.1. The molecule has 1 amide bonds. The van der Waals surface area contributed by atoms with Gasteiger partial charge in [-0.05, 0) is 50.1 Å². The van der Waals surface area contributed by atoms with E-state index in [0.29, 0.717) is 25.1 Å². The van der Waals surface area contributed by atoms with Crippen molar-refractivity contribution in [1.82, 2.24) is 10.0 Å². The van der Waals surface area contributed by atoms with Gasteiger partial charge in [0.05, 0.1) is 4.90 Å². The van der Waals surface area contributed by atoms with Crippen molar-refractivity contribution in [3.05, 3.63) is 29.8 Å². The van der Waals surface area contributed by atoms with Gasteiger partial charge in [0, 0.05) is 18.2 Å². The highest BCUT2D eigenvalue weighted by Gasteiger charge is 2.17. The number of nitrogens with one attached hydrogen (secondary N) is 2. The maximum atomic E-state index is 12.1. The Balaban J connectivity index is 2.76. The molecule has 0 radical (unpaired) electrons. The highest BCUT2D eigenvalue weighted by molar-refractivity contribution is 7.89. The van der Waals surface area contributed by atoms with Gasteiger partial charge in [-0.15, -0.1) is 0 Å². The summed E-state index contributed by atoms with van der Waals surface area (Å²) in [6.07, 6.45) is 0.707. The minimum Gasteiger partial charge on any atom is -0.352 e. The summed E-state index contributed by atoms with van der Waals surface area (Å²) in [5.74, 6) is -0.0394. The zero-order valence-corrected chi connectivity index (χ0v) is 14.1. The maximum Gasteiger partial charge on any atom is 0.251 e. The van der Waals surface area contributed by atoms with Crippen LogP contribution >= 0.6 is 0 Å². The van der Waals surface area contributed by atoms with Crippen LogP contribution in [-0.4, -0.2) is 33.5 Å². The van der Waals surface area contributed by atoms with E-state index >= 15 is 0 Å². The Hall–Kier alpha value is -1.44. The Labute approximate surface area is 132 Å². The molecule has 1 aromatic carbocycles. The third kappa shape index (κ3) is 5.40. The molecule has 0 saturated carbocycles. The van der Waals surface area contributed by atoms with E-state index in [4.69, 9.17) is 5.73 Å². The number of hydrogen-bond acceptors (Lipinski definition) is 4. The number of rotatable bonds is 8. The summed E-state index contributed by atoms with van der Waals surface area (Å²) in [6.45, 7) is 6.64. The Morgan fingerprint density at radius 1 is 1.23 bits per heavy atom. The SMILES string of the molecule is CCC(C)NS(=O)(=O)c1ccc(C(=O)NCC(C)CN)cc1. The lowest BCUT2D eigenvalue weighted by Gasteiger charge is -2.13. The normalized spacial score (nSPS) is 14.4. The van der Waals surface area contributed by atoms with Crippen LogP contribution in [0.5, 0.6) is 0 Å². The molecule has 0 heterocycles. The van der Waals surface area contributed by atoms with Gasteiger partial charge in [-0.25, -0.2) is 13.1 Å². The Morgan fingerprint density at radius 3 is 2.32 bits per heavy atom. The Morgan fingerprint density at radius 2 is 1.82 bits per heavy atom. The van der Waals surface area contributed by atoms with Gasteiger partial charge in [-0.3, -0.25) is 4.79 Å². The van der Waals surface area contributed by atoms with E-state index in [1.54, 1.807) is 6.92 Å². The van der Waals surface area contributed by atoms with Crippen molar-refractivity contribution in [3.63, 3.8) is 0 Å². The van der Waals surface area contributed by atoms with Gasteiger partial charge in [0.15, 0.2) is 0 Å². The molecule has 0 saturated heterocycles. The average Bonchev–Trinajstić information content (AvgIpc) is 2.51. The molecular weight excluding hydrogens is 302 g/mol. The molecule has 2 unspecified atom stereocenters. The molecule has 0 spiro atoms. The van der Waals surface area contributed by atoms with Crippen LogP contribution in [0.15, 0.2) is 29.2 Å². The second-order valence-electron chi connectivity index (χ2n) is 5.51. The van der Waals surface area contributed by atoms with Crippen LogP contribution in [0, 0.1) is 5.92 Å². The lowest BCUT2D eigenvalue weighted by Crippen LogP contribution is -2.32. The molecule has 0 bridgehead atoms. The van der Waals surface area contributed by atoms with Gasteiger partial charge in [0.25, 0.3) is 5.91 Å². The summed E-state index contributed by atoms with van der Waals surface area (Å²) in [5.41, 5.74) is 5.91. The number of hydrogen-bond donors (Lipinski definition) is 3. The summed E-state index contributed by atoms with van der Waals surface area (Å²) in [5, 5.41) is 2.77. The van der Waals surface area contributed by atoms with Crippen LogP contribution in [0.25, 0.3) is 0 Å².